The van der Waals surface area contributed by atoms with Gasteiger partial charge in [-0.2, -0.15) is 11.8 Å². The molecule has 2 nitrogen and oxygen atoms in total. The maximum absolute atomic E-state index is 5.68. The highest BCUT2D eigenvalue weighted by Crippen LogP contribution is 2.29. The zero-order valence-corrected chi connectivity index (χ0v) is 12.4. The highest BCUT2D eigenvalue weighted by Gasteiger charge is 2.18. The van der Waals surface area contributed by atoms with Gasteiger partial charge in [0.1, 0.15) is 0 Å². The van der Waals surface area contributed by atoms with Crippen LogP contribution < -0.4 is 11.3 Å². The molecule has 0 bridgehead atoms. The summed E-state index contributed by atoms with van der Waals surface area (Å²) in [5.41, 5.74) is 3.02. The molecular formula is C14H30N2S. The van der Waals surface area contributed by atoms with E-state index in [0.717, 1.165) is 11.2 Å². The lowest BCUT2D eigenvalue weighted by Crippen LogP contribution is -2.39. The SMILES string of the molecule is CCC(CC)CC(CSC1CCCCC1)NN. The summed E-state index contributed by atoms with van der Waals surface area (Å²) in [6.45, 7) is 4.58. The van der Waals surface area contributed by atoms with Gasteiger partial charge in [0, 0.05) is 17.0 Å². The third-order valence-corrected chi connectivity index (χ3v) is 5.63. The molecule has 0 heterocycles. The minimum absolute atomic E-state index is 0.506. The van der Waals surface area contributed by atoms with Crippen LogP contribution in [0, 0.1) is 5.92 Å². The Morgan fingerprint density at radius 3 is 2.35 bits per heavy atom. The lowest BCUT2D eigenvalue weighted by Gasteiger charge is -2.25. The number of nitrogens with two attached hydrogens (primary N) is 1. The van der Waals surface area contributed by atoms with E-state index in [1.807, 2.05) is 0 Å². The van der Waals surface area contributed by atoms with Gasteiger partial charge in [0.2, 0.25) is 0 Å². The van der Waals surface area contributed by atoms with Crippen LogP contribution in [0.15, 0.2) is 0 Å². The normalized spacial score (nSPS) is 19.8. The lowest BCUT2D eigenvalue weighted by molar-refractivity contribution is 0.387. The summed E-state index contributed by atoms with van der Waals surface area (Å²) in [7, 11) is 0. The van der Waals surface area contributed by atoms with Crippen molar-refractivity contribution in [2.75, 3.05) is 5.75 Å². The van der Waals surface area contributed by atoms with E-state index in [0.29, 0.717) is 6.04 Å². The summed E-state index contributed by atoms with van der Waals surface area (Å²) in [5.74, 6) is 7.71. The molecule has 3 N–H and O–H groups in total. The van der Waals surface area contributed by atoms with Crippen LogP contribution in [0.3, 0.4) is 0 Å². The van der Waals surface area contributed by atoms with E-state index in [1.165, 1.54) is 57.1 Å². The first kappa shape index (κ1) is 15.3. The summed E-state index contributed by atoms with van der Waals surface area (Å²) in [5, 5.41) is 0.904. The average molecular weight is 258 g/mol. The summed E-state index contributed by atoms with van der Waals surface area (Å²) < 4.78 is 0. The molecule has 1 aliphatic rings. The van der Waals surface area contributed by atoms with Gasteiger partial charge in [-0.3, -0.25) is 11.3 Å². The quantitative estimate of drug-likeness (QED) is 0.515. The van der Waals surface area contributed by atoms with E-state index < -0.39 is 0 Å². The molecule has 1 rings (SSSR count). The van der Waals surface area contributed by atoms with E-state index in [1.54, 1.807) is 0 Å². The fourth-order valence-electron chi connectivity index (χ4n) is 2.69. The first-order chi connectivity index (χ1) is 8.30. The van der Waals surface area contributed by atoms with E-state index in [-0.39, 0.29) is 0 Å². The molecule has 0 amide bonds. The molecule has 1 saturated carbocycles. The third kappa shape index (κ3) is 6.12. The van der Waals surface area contributed by atoms with Crippen molar-refractivity contribution in [3.63, 3.8) is 0 Å². The lowest BCUT2D eigenvalue weighted by atomic mass is 9.96. The van der Waals surface area contributed by atoms with Gasteiger partial charge in [-0.25, -0.2) is 0 Å². The highest BCUT2D eigenvalue weighted by atomic mass is 32.2. The second-order valence-corrected chi connectivity index (χ2v) is 6.71. The Morgan fingerprint density at radius 2 is 1.82 bits per heavy atom. The van der Waals surface area contributed by atoms with Crippen LogP contribution in [0.4, 0.5) is 0 Å². The Bertz CT molecular complexity index is 177. The fraction of sp³-hybridized carbons (Fsp3) is 1.00. The van der Waals surface area contributed by atoms with Crippen molar-refractivity contribution in [3.05, 3.63) is 0 Å². The topological polar surface area (TPSA) is 38.0 Å². The molecule has 1 fully saturated rings. The fourth-order valence-corrected chi connectivity index (χ4v) is 4.10. The Morgan fingerprint density at radius 1 is 1.18 bits per heavy atom. The van der Waals surface area contributed by atoms with Crippen molar-refractivity contribution in [2.24, 2.45) is 11.8 Å². The summed E-state index contributed by atoms with van der Waals surface area (Å²) in [6.07, 6.45) is 11.0. The molecule has 102 valence electrons. The first-order valence-electron chi connectivity index (χ1n) is 7.37. The second kappa shape index (κ2) is 9.23. The second-order valence-electron chi connectivity index (χ2n) is 5.38. The first-order valence-corrected chi connectivity index (χ1v) is 8.42. The van der Waals surface area contributed by atoms with Crippen LogP contribution in [0.1, 0.15) is 65.2 Å². The number of hydrogen-bond acceptors (Lipinski definition) is 3. The molecule has 3 heteroatoms. The molecule has 0 aromatic carbocycles. The van der Waals surface area contributed by atoms with Crippen molar-refractivity contribution in [2.45, 2.75) is 76.5 Å². The van der Waals surface area contributed by atoms with Crippen molar-refractivity contribution < 1.29 is 0 Å². The van der Waals surface area contributed by atoms with Gasteiger partial charge < -0.3 is 0 Å². The standard InChI is InChI=1S/C14H30N2S/c1-3-12(4-2)10-13(16-15)11-17-14-8-6-5-7-9-14/h12-14,16H,3-11,15H2,1-2H3. The minimum Gasteiger partial charge on any atom is -0.271 e. The summed E-state index contributed by atoms with van der Waals surface area (Å²) >= 11 is 2.15. The smallest absolute Gasteiger partial charge is 0.0303 e. The van der Waals surface area contributed by atoms with E-state index >= 15 is 0 Å². The molecule has 1 atom stereocenters. The van der Waals surface area contributed by atoms with Crippen LogP contribution >= 0.6 is 11.8 Å². The predicted octanol–water partition coefficient (Wildman–Crippen LogP) is 3.71. The van der Waals surface area contributed by atoms with Gasteiger partial charge in [0.05, 0.1) is 0 Å². The molecule has 0 aromatic rings. The zero-order chi connectivity index (χ0) is 12.5. The van der Waals surface area contributed by atoms with Gasteiger partial charge in [0.15, 0.2) is 0 Å². The Labute approximate surface area is 111 Å². The highest BCUT2D eigenvalue weighted by molar-refractivity contribution is 7.99. The van der Waals surface area contributed by atoms with Crippen LogP contribution in [0.25, 0.3) is 0 Å². The van der Waals surface area contributed by atoms with Crippen LogP contribution in [0.2, 0.25) is 0 Å². The van der Waals surface area contributed by atoms with Crippen LogP contribution in [-0.2, 0) is 0 Å². The molecule has 1 aliphatic carbocycles. The molecular weight excluding hydrogens is 228 g/mol. The molecule has 0 radical (unpaired) electrons. The minimum atomic E-state index is 0.506. The van der Waals surface area contributed by atoms with Crippen molar-refractivity contribution in [1.82, 2.24) is 5.43 Å². The van der Waals surface area contributed by atoms with Crippen LogP contribution in [-0.4, -0.2) is 17.0 Å². The molecule has 1 unspecified atom stereocenters. The van der Waals surface area contributed by atoms with E-state index in [4.69, 9.17) is 5.84 Å². The van der Waals surface area contributed by atoms with E-state index in [9.17, 15) is 0 Å². The zero-order valence-electron chi connectivity index (χ0n) is 11.6. The van der Waals surface area contributed by atoms with Gasteiger partial charge in [0.25, 0.3) is 0 Å². The summed E-state index contributed by atoms with van der Waals surface area (Å²) in [4.78, 5) is 0. The van der Waals surface area contributed by atoms with Crippen molar-refractivity contribution >= 4 is 11.8 Å². The van der Waals surface area contributed by atoms with Gasteiger partial charge >= 0.3 is 0 Å². The van der Waals surface area contributed by atoms with Crippen molar-refractivity contribution in [1.29, 1.82) is 0 Å². The van der Waals surface area contributed by atoms with Gasteiger partial charge in [-0.05, 0) is 25.2 Å². The number of hydrogen-bond donors (Lipinski definition) is 2. The number of rotatable bonds is 8. The maximum atomic E-state index is 5.68. The molecule has 0 spiro atoms. The summed E-state index contributed by atoms with van der Waals surface area (Å²) in [6, 6.07) is 0.506. The molecule has 0 aliphatic heterocycles. The monoisotopic (exact) mass is 258 g/mol. The maximum Gasteiger partial charge on any atom is 0.0303 e. The molecule has 0 aromatic heterocycles. The van der Waals surface area contributed by atoms with Crippen LogP contribution in [0.5, 0.6) is 0 Å². The van der Waals surface area contributed by atoms with Gasteiger partial charge in [-0.1, -0.05) is 46.0 Å². The third-order valence-electron chi connectivity index (χ3n) is 4.09. The van der Waals surface area contributed by atoms with Crippen molar-refractivity contribution in [3.8, 4) is 0 Å². The predicted molar refractivity (Wildman–Crippen MR) is 79.1 cm³/mol. The number of thioether (sulfide) groups is 1. The van der Waals surface area contributed by atoms with Gasteiger partial charge in [-0.15, -0.1) is 0 Å². The Hall–Kier alpha value is 0.270. The molecule has 17 heavy (non-hydrogen) atoms. The van der Waals surface area contributed by atoms with E-state index in [2.05, 4.69) is 31.0 Å². The Kier molecular flexibility index (Phi) is 8.33. The number of nitrogens with one attached hydrogen (secondary N) is 1. The average Bonchev–Trinajstić information content (AvgIpc) is 2.40. The number of hydrazine groups is 1. The largest absolute Gasteiger partial charge is 0.271 e. The molecule has 0 saturated heterocycles. The Balaban J connectivity index is 2.20.